The third-order valence-electron chi connectivity index (χ3n) is 9.61. The van der Waals surface area contributed by atoms with Gasteiger partial charge in [0.1, 0.15) is 12.6 Å². The number of carbonyl (C=O) groups excluding carboxylic acids is 2. The molecular weight excluding hydrogens is 745 g/mol. The number of esters is 2. The van der Waals surface area contributed by atoms with Crippen LogP contribution >= 0.6 is 7.82 Å². The van der Waals surface area contributed by atoms with Crippen LogP contribution in [0.2, 0.25) is 0 Å². The van der Waals surface area contributed by atoms with Crippen molar-refractivity contribution in [1.82, 2.24) is 0 Å². The molecule has 3 atom stereocenters. The second-order valence-electron chi connectivity index (χ2n) is 15.2. The summed E-state index contributed by atoms with van der Waals surface area (Å²) in [5, 5.41) is 8.89. The van der Waals surface area contributed by atoms with E-state index in [9.17, 15) is 23.8 Å². The van der Waals surface area contributed by atoms with Crippen molar-refractivity contribution in [1.29, 1.82) is 0 Å². The van der Waals surface area contributed by atoms with Crippen molar-refractivity contribution < 1.29 is 47.5 Å². The van der Waals surface area contributed by atoms with Gasteiger partial charge < -0.3 is 25.2 Å². The minimum absolute atomic E-state index is 0.155. The average Bonchev–Trinajstić information content (AvgIpc) is 3.19. The van der Waals surface area contributed by atoms with Crippen LogP contribution in [0.3, 0.4) is 0 Å². The first-order chi connectivity index (χ1) is 27.6. The fourth-order valence-corrected chi connectivity index (χ4v) is 6.81. The molecule has 0 aliphatic carbocycles. The van der Waals surface area contributed by atoms with Crippen LogP contribution in [0.15, 0.2) is 36.5 Å². The molecule has 0 fully saturated rings. The van der Waals surface area contributed by atoms with Gasteiger partial charge in [-0.15, -0.1) is 0 Å². The number of unbranched alkanes of at least 4 members (excludes halogenated alkanes) is 22. The van der Waals surface area contributed by atoms with E-state index < -0.39 is 51.1 Å². The second kappa shape index (κ2) is 40.5. The number of carboxylic acids is 1. The molecular formula is C45H82NO10P. The Balaban J connectivity index is 4.34. The van der Waals surface area contributed by atoms with E-state index in [-0.39, 0.29) is 19.4 Å². The molecule has 0 heterocycles. The maximum absolute atomic E-state index is 12.6. The van der Waals surface area contributed by atoms with Crippen molar-refractivity contribution >= 4 is 25.7 Å². The van der Waals surface area contributed by atoms with E-state index in [0.717, 1.165) is 70.6 Å². The quantitative estimate of drug-likeness (QED) is 0.0231. The molecule has 0 aromatic rings. The first-order valence-corrected chi connectivity index (χ1v) is 24.0. The smallest absolute Gasteiger partial charge is 0.472 e. The number of rotatable bonds is 42. The van der Waals surface area contributed by atoms with Gasteiger partial charge in [-0.1, -0.05) is 153 Å². The van der Waals surface area contributed by atoms with E-state index in [4.69, 9.17) is 24.8 Å². The van der Waals surface area contributed by atoms with Crippen LogP contribution < -0.4 is 5.73 Å². The first kappa shape index (κ1) is 54.7. The number of phosphoric ester groups is 1. The van der Waals surface area contributed by atoms with E-state index in [2.05, 4.69) is 54.8 Å². The van der Waals surface area contributed by atoms with E-state index in [0.29, 0.717) is 12.8 Å². The van der Waals surface area contributed by atoms with Crippen LogP contribution in [0.4, 0.5) is 0 Å². The third-order valence-corrected chi connectivity index (χ3v) is 10.6. The highest BCUT2D eigenvalue weighted by atomic mass is 31.2. The van der Waals surface area contributed by atoms with Gasteiger partial charge >= 0.3 is 25.7 Å². The summed E-state index contributed by atoms with van der Waals surface area (Å²) < 4.78 is 32.7. The summed E-state index contributed by atoms with van der Waals surface area (Å²) in [4.78, 5) is 46.0. The van der Waals surface area contributed by atoms with Crippen molar-refractivity contribution in [2.24, 2.45) is 5.73 Å². The molecule has 11 nitrogen and oxygen atoms in total. The maximum Gasteiger partial charge on any atom is 0.472 e. The zero-order chi connectivity index (χ0) is 42.1. The number of carboxylic acid groups (broad SMARTS) is 1. The minimum Gasteiger partial charge on any atom is -0.480 e. The Morgan fingerprint density at radius 3 is 1.42 bits per heavy atom. The van der Waals surface area contributed by atoms with Crippen molar-refractivity contribution in [3.05, 3.63) is 36.5 Å². The molecule has 57 heavy (non-hydrogen) atoms. The molecule has 0 aromatic carbocycles. The van der Waals surface area contributed by atoms with Gasteiger partial charge in [-0.25, -0.2) is 4.57 Å². The molecule has 0 saturated carbocycles. The van der Waals surface area contributed by atoms with Gasteiger partial charge in [0, 0.05) is 12.8 Å². The third kappa shape index (κ3) is 40.3. The van der Waals surface area contributed by atoms with E-state index in [1.165, 1.54) is 89.9 Å². The van der Waals surface area contributed by atoms with Crippen LogP contribution in [0.5, 0.6) is 0 Å². The predicted molar refractivity (Wildman–Crippen MR) is 231 cm³/mol. The molecule has 0 saturated heterocycles. The summed E-state index contributed by atoms with van der Waals surface area (Å²) in [6.45, 7) is 2.76. The Hall–Kier alpha value is -2.30. The fourth-order valence-electron chi connectivity index (χ4n) is 6.03. The van der Waals surface area contributed by atoms with E-state index in [1.54, 1.807) is 0 Å². The Bertz CT molecular complexity index is 1110. The molecule has 0 bridgehead atoms. The lowest BCUT2D eigenvalue weighted by molar-refractivity contribution is -0.161. The average molecular weight is 828 g/mol. The molecule has 4 N–H and O–H groups in total. The van der Waals surface area contributed by atoms with Crippen molar-refractivity contribution in [3.8, 4) is 0 Å². The lowest BCUT2D eigenvalue weighted by Gasteiger charge is -2.20. The Morgan fingerprint density at radius 1 is 0.544 bits per heavy atom. The van der Waals surface area contributed by atoms with Gasteiger partial charge in [-0.3, -0.25) is 23.4 Å². The van der Waals surface area contributed by atoms with Gasteiger partial charge in [-0.2, -0.15) is 0 Å². The van der Waals surface area contributed by atoms with Crippen LogP contribution in [0.1, 0.15) is 200 Å². The number of nitrogens with two attached hydrogens (primary N) is 1. The standard InChI is InChI=1S/C45H82NO10P/c1-3-5-7-9-11-13-15-17-19-20-21-22-23-25-27-29-31-33-35-37-44(48)56-41(39-54-57(51,52)55-40-42(46)45(49)50)38-53-43(47)36-34-32-30-28-26-24-18-16-14-12-10-8-6-4-2/h11,13,16-19,41-42H,3-10,12,14-15,20-40,46H2,1-2H3,(H,49,50)(H,51,52)/b13-11+,18-16+,19-17+/t41-,42+/m1/s1. The second-order valence-corrected chi connectivity index (χ2v) is 16.6. The number of ether oxygens (including phenoxy) is 2. The normalized spacial score (nSPS) is 14.0. The maximum atomic E-state index is 12.6. The molecule has 0 aliphatic heterocycles. The summed E-state index contributed by atoms with van der Waals surface area (Å²) >= 11 is 0. The minimum atomic E-state index is -4.72. The lowest BCUT2D eigenvalue weighted by Crippen LogP contribution is -2.34. The first-order valence-electron chi connectivity index (χ1n) is 22.5. The topological polar surface area (TPSA) is 172 Å². The molecule has 0 aliphatic rings. The van der Waals surface area contributed by atoms with Crippen LogP contribution in [-0.2, 0) is 37.5 Å². The lowest BCUT2D eigenvalue weighted by atomic mass is 10.1. The van der Waals surface area contributed by atoms with Crippen molar-refractivity contribution in [2.45, 2.75) is 212 Å². The highest BCUT2D eigenvalue weighted by molar-refractivity contribution is 7.47. The number of allylic oxidation sites excluding steroid dienone is 6. The summed E-state index contributed by atoms with van der Waals surface area (Å²) in [7, 11) is -4.72. The number of hydrogen-bond donors (Lipinski definition) is 3. The van der Waals surface area contributed by atoms with Gasteiger partial charge in [0.05, 0.1) is 13.2 Å². The zero-order valence-electron chi connectivity index (χ0n) is 35.9. The van der Waals surface area contributed by atoms with Crippen molar-refractivity contribution in [3.63, 3.8) is 0 Å². The van der Waals surface area contributed by atoms with Gasteiger partial charge in [0.15, 0.2) is 6.10 Å². The number of carbonyl (C=O) groups is 3. The fraction of sp³-hybridized carbons (Fsp3) is 0.800. The summed E-state index contributed by atoms with van der Waals surface area (Å²) in [5.74, 6) is -2.39. The predicted octanol–water partition coefficient (Wildman–Crippen LogP) is 12.0. The Kier molecular flexibility index (Phi) is 38.8. The Labute approximate surface area is 346 Å². The van der Waals surface area contributed by atoms with E-state index >= 15 is 0 Å². The highest BCUT2D eigenvalue weighted by Crippen LogP contribution is 2.43. The molecule has 12 heteroatoms. The number of phosphoric acid groups is 1. The molecule has 332 valence electrons. The summed E-state index contributed by atoms with van der Waals surface area (Å²) in [6, 6.07) is -1.52. The number of aliphatic carboxylic acids is 1. The monoisotopic (exact) mass is 828 g/mol. The van der Waals surface area contributed by atoms with Crippen LogP contribution in [0.25, 0.3) is 0 Å². The van der Waals surface area contributed by atoms with E-state index in [1.807, 2.05) is 0 Å². The van der Waals surface area contributed by atoms with Gasteiger partial charge in [0.2, 0.25) is 0 Å². The largest absolute Gasteiger partial charge is 0.480 e. The van der Waals surface area contributed by atoms with Crippen molar-refractivity contribution in [2.75, 3.05) is 19.8 Å². The highest BCUT2D eigenvalue weighted by Gasteiger charge is 2.28. The molecule has 0 aromatic heterocycles. The van der Waals surface area contributed by atoms with Gasteiger partial charge in [-0.05, 0) is 70.6 Å². The zero-order valence-corrected chi connectivity index (χ0v) is 36.8. The Morgan fingerprint density at radius 2 is 0.930 bits per heavy atom. The van der Waals surface area contributed by atoms with Crippen LogP contribution in [-0.4, -0.2) is 59.9 Å². The molecule has 1 unspecified atom stereocenters. The van der Waals surface area contributed by atoms with Gasteiger partial charge in [0.25, 0.3) is 0 Å². The molecule has 0 rings (SSSR count). The SMILES string of the molecule is CCCCC/C=C/C/C=C/CCCCCCCCCCCC(=O)O[C@H](COC(=O)CCCCCCC/C=C/CCCCCCC)COP(=O)(O)OC[C@H](N)C(=O)O. The van der Waals surface area contributed by atoms with Crippen LogP contribution in [0, 0.1) is 0 Å². The molecule has 0 spiro atoms. The molecule has 0 amide bonds. The number of hydrogen-bond acceptors (Lipinski definition) is 9. The summed E-state index contributed by atoms with van der Waals surface area (Å²) in [6.07, 6.45) is 43.4. The molecule has 0 radical (unpaired) electrons. The summed E-state index contributed by atoms with van der Waals surface area (Å²) in [5.41, 5.74) is 5.33.